The topological polar surface area (TPSA) is 79.2 Å². The first-order chi connectivity index (χ1) is 15.8. The predicted octanol–water partition coefficient (Wildman–Crippen LogP) is 4.06. The summed E-state index contributed by atoms with van der Waals surface area (Å²) in [4.78, 5) is 14.9. The Morgan fingerprint density at radius 1 is 1.09 bits per heavy atom. The standard InChI is InChI=1S/C27H35NO5/c1-18(29)27(2)17-28(26(31)25(30)19-9-5-4-6-10-19)16-22(27)20-13-14-23(32-3)24(15-20)33-21-11-7-8-12-21/h4-6,9-10,13-15,18,21-22,25,29-30H,7-8,11-12,16-17H2,1-3H3/t18-,22?,25?,27-/m1/s1. The first-order valence-corrected chi connectivity index (χ1v) is 11.9. The molecule has 0 bridgehead atoms. The van der Waals surface area contributed by atoms with Gasteiger partial charge in [0.15, 0.2) is 17.6 Å². The second kappa shape index (κ2) is 9.74. The van der Waals surface area contributed by atoms with Crippen LogP contribution in [-0.4, -0.2) is 53.4 Å². The highest BCUT2D eigenvalue weighted by Crippen LogP contribution is 2.47. The molecule has 0 aromatic heterocycles. The molecule has 1 aliphatic carbocycles. The maximum Gasteiger partial charge on any atom is 0.256 e. The molecule has 4 rings (SSSR count). The van der Waals surface area contributed by atoms with Gasteiger partial charge in [0.25, 0.3) is 5.91 Å². The Morgan fingerprint density at radius 2 is 1.79 bits per heavy atom. The number of hydrogen-bond donors (Lipinski definition) is 2. The minimum atomic E-state index is -1.22. The van der Waals surface area contributed by atoms with E-state index in [1.807, 2.05) is 43.3 Å². The molecule has 2 aromatic carbocycles. The van der Waals surface area contributed by atoms with Gasteiger partial charge in [0.05, 0.1) is 19.3 Å². The number of nitrogens with zero attached hydrogens (tertiary/aromatic N) is 1. The van der Waals surface area contributed by atoms with Crippen LogP contribution in [0.15, 0.2) is 48.5 Å². The molecule has 1 amide bonds. The summed E-state index contributed by atoms with van der Waals surface area (Å²) in [6, 6.07) is 14.9. The van der Waals surface area contributed by atoms with E-state index in [1.165, 1.54) is 12.8 Å². The van der Waals surface area contributed by atoms with Crippen LogP contribution in [0.2, 0.25) is 0 Å². The highest BCUT2D eigenvalue weighted by atomic mass is 16.5. The van der Waals surface area contributed by atoms with E-state index in [0.29, 0.717) is 30.2 Å². The molecule has 2 aliphatic rings. The van der Waals surface area contributed by atoms with Gasteiger partial charge < -0.3 is 24.6 Å². The summed E-state index contributed by atoms with van der Waals surface area (Å²) in [6.45, 7) is 4.56. The Labute approximate surface area is 196 Å². The average molecular weight is 454 g/mol. The lowest BCUT2D eigenvalue weighted by molar-refractivity contribution is -0.140. The minimum absolute atomic E-state index is 0.110. The van der Waals surface area contributed by atoms with E-state index in [9.17, 15) is 15.0 Å². The normalized spacial score (nSPS) is 25.1. The zero-order valence-corrected chi connectivity index (χ0v) is 19.7. The van der Waals surface area contributed by atoms with Gasteiger partial charge in [-0.3, -0.25) is 4.79 Å². The number of hydrogen-bond acceptors (Lipinski definition) is 5. The van der Waals surface area contributed by atoms with Crippen LogP contribution >= 0.6 is 0 Å². The number of carbonyl (C=O) groups excluding carboxylic acids is 1. The van der Waals surface area contributed by atoms with E-state index < -0.39 is 17.6 Å². The average Bonchev–Trinajstić information content (AvgIpc) is 3.47. The molecule has 2 fully saturated rings. The first-order valence-electron chi connectivity index (χ1n) is 11.9. The molecule has 1 heterocycles. The van der Waals surface area contributed by atoms with Crippen LogP contribution in [0.5, 0.6) is 11.5 Å². The number of aliphatic hydroxyl groups excluding tert-OH is 2. The van der Waals surface area contributed by atoms with Gasteiger partial charge in [0.2, 0.25) is 0 Å². The fourth-order valence-corrected chi connectivity index (χ4v) is 5.23. The number of ether oxygens (including phenoxy) is 2. The summed E-state index contributed by atoms with van der Waals surface area (Å²) in [5.41, 5.74) is 1.00. The van der Waals surface area contributed by atoms with E-state index in [0.717, 1.165) is 18.4 Å². The fourth-order valence-electron chi connectivity index (χ4n) is 5.23. The number of methoxy groups -OCH3 is 1. The van der Waals surface area contributed by atoms with Gasteiger partial charge in [-0.2, -0.15) is 0 Å². The molecule has 33 heavy (non-hydrogen) atoms. The zero-order chi connectivity index (χ0) is 23.6. The SMILES string of the molecule is COc1ccc(C2CN(C(=O)C(O)c3ccccc3)C[C@]2(C)[C@@H](C)O)cc1OC1CCCC1. The van der Waals surface area contributed by atoms with Gasteiger partial charge in [-0.05, 0) is 55.9 Å². The summed E-state index contributed by atoms with van der Waals surface area (Å²) in [5, 5.41) is 21.4. The van der Waals surface area contributed by atoms with E-state index in [-0.39, 0.29) is 17.9 Å². The molecule has 6 heteroatoms. The van der Waals surface area contributed by atoms with E-state index in [1.54, 1.807) is 31.1 Å². The summed E-state index contributed by atoms with van der Waals surface area (Å²) in [6.07, 6.45) is 2.77. The molecule has 0 spiro atoms. The van der Waals surface area contributed by atoms with Crippen LogP contribution in [0.1, 0.15) is 62.7 Å². The second-order valence-electron chi connectivity index (χ2n) is 9.70. The number of carbonyl (C=O) groups is 1. The van der Waals surface area contributed by atoms with Gasteiger partial charge in [-0.25, -0.2) is 0 Å². The Hall–Kier alpha value is -2.57. The molecular formula is C27H35NO5. The molecule has 4 atom stereocenters. The minimum Gasteiger partial charge on any atom is -0.493 e. The number of aliphatic hydroxyl groups is 2. The third-order valence-electron chi connectivity index (χ3n) is 7.53. The molecule has 6 nitrogen and oxygen atoms in total. The van der Waals surface area contributed by atoms with Gasteiger partial charge in [-0.15, -0.1) is 0 Å². The number of rotatable bonds is 7. The van der Waals surface area contributed by atoms with E-state index >= 15 is 0 Å². The Morgan fingerprint density at radius 3 is 2.42 bits per heavy atom. The van der Waals surface area contributed by atoms with Crippen molar-refractivity contribution < 1.29 is 24.5 Å². The van der Waals surface area contributed by atoms with E-state index in [2.05, 4.69) is 0 Å². The molecule has 1 saturated heterocycles. The van der Waals surface area contributed by atoms with Crippen molar-refractivity contribution in [3.05, 3.63) is 59.7 Å². The first kappa shape index (κ1) is 23.6. The van der Waals surface area contributed by atoms with E-state index in [4.69, 9.17) is 9.47 Å². The molecule has 178 valence electrons. The van der Waals surface area contributed by atoms with Crippen LogP contribution in [0, 0.1) is 5.41 Å². The molecule has 2 N–H and O–H groups in total. The largest absolute Gasteiger partial charge is 0.493 e. The quantitative estimate of drug-likeness (QED) is 0.661. The van der Waals surface area contributed by atoms with Crippen LogP contribution in [0.25, 0.3) is 0 Å². The second-order valence-corrected chi connectivity index (χ2v) is 9.70. The van der Waals surface area contributed by atoms with Crippen molar-refractivity contribution in [3.8, 4) is 11.5 Å². The van der Waals surface area contributed by atoms with Crippen LogP contribution < -0.4 is 9.47 Å². The lowest BCUT2D eigenvalue weighted by Gasteiger charge is -2.34. The predicted molar refractivity (Wildman–Crippen MR) is 126 cm³/mol. The van der Waals surface area contributed by atoms with Crippen molar-refractivity contribution in [2.24, 2.45) is 5.41 Å². The van der Waals surface area contributed by atoms with Gasteiger partial charge in [-0.1, -0.05) is 43.3 Å². The number of benzene rings is 2. The summed E-state index contributed by atoms with van der Waals surface area (Å²) in [5.74, 6) is 0.951. The van der Waals surface area contributed by atoms with Crippen LogP contribution in [0.4, 0.5) is 0 Å². The van der Waals surface area contributed by atoms with Crippen LogP contribution in [-0.2, 0) is 4.79 Å². The van der Waals surface area contributed by atoms with Crippen molar-refractivity contribution in [1.29, 1.82) is 0 Å². The summed E-state index contributed by atoms with van der Waals surface area (Å²) < 4.78 is 11.8. The summed E-state index contributed by atoms with van der Waals surface area (Å²) in [7, 11) is 1.64. The lowest BCUT2D eigenvalue weighted by Crippen LogP contribution is -2.39. The van der Waals surface area contributed by atoms with Gasteiger partial charge in [0.1, 0.15) is 0 Å². The van der Waals surface area contributed by atoms with Crippen molar-refractivity contribution in [2.75, 3.05) is 20.2 Å². The van der Waals surface area contributed by atoms with Crippen LogP contribution in [0.3, 0.4) is 0 Å². The maximum absolute atomic E-state index is 13.2. The van der Waals surface area contributed by atoms with Gasteiger partial charge >= 0.3 is 0 Å². The van der Waals surface area contributed by atoms with Gasteiger partial charge in [0, 0.05) is 24.4 Å². The smallest absolute Gasteiger partial charge is 0.256 e. The molecule has 0 radical (unpaired) electrons. The highest BCUT2D eigenvalue weighted by molar-refractivity contribution is 5.82. The van der Waals surface area contributed by atoms with Crippen molar-refractivity contribution in [3.63, 3.8) is 0 Å². The Kier molecular flexibility index (Phi) is 6.96. The monoisotopic (exact) mass is 453 g/mol. The highest BCUT2D eigenvalue weighted by Gasteiger charge is 2.49. The Balaban J connectivity index is 1.61. The molecule has 1 saturated carbocycles. The molecule has 2 aromatic rings. The van der Waals surface area contributed by atoms with Crippen molar-refractivity contribution in [2.45, 2.75) is 63.8 Å². The molecular weight excluding hydrogens is 418 g/mol. The van der Waals surface area contributed by atoms with Crippen molar-refractivity contribution in [1.82, 2.24) is 4.90 Å². The fraction of sp³-hybridized carbons (Fsp3) is 0.519. The Bertz CT molecular complexity index is 956. The molecule has 1 aliphatic heterocycles. The maximum atomic E-state index is 13.2. The summed E-state index contributed by atoms with van der Waals surface area (Å²) >= 11 is 0. The lowest BCUT2D eigenvalue weighted by atomic mass is 9.72. The molecule has 2 unspecified atom stereocenters. The third kappa shape index (κ3) is 4.73. The zero-order valence-electron chi connectivity index (χ0n) is 19.7. The number of likely N-dealkylation sites (tertiary alicyclic amines) is 1. The van der Waals surface area contributed by atoms with Crippen molar-refractivity contribution >= 4 is 5.91 Å². The third-order valence-corrected chi connectivity index (χ3v) is 7.53. The number of amides is 1.